The summed E-state index contributed by atoms with van der Waals surface area (Å²) in [6.45, 7) is 1.84. The molecule has 0 saturated carbocycles. The van der Waals surface area contributed by atoms with E-state index in [0.29, 0.717) is 10.2 Å². The minimum Gasteiger partial charge on any atom is -0.497 e. The Morgan fingerprint density at radius 3 is 2.26 bits per heavy atom. The van der Waals surface area contributed by atoms with Crippen molar-refractivity contribution in [1.29, 1.82) is 0 Å². The summed E-state index contributed by atoms with van der Waals surface area (Å²) in [5.41, 5.74) is 2.75. The van der Waals surface area contributed by atoms with Gasteiger partial charge in [-0.05, 0) is 60.0 Å². The maximum atomic E-state index is 11.9. The molecule has 0 spiro atoms. The summed E-state index contributed by atoms with van der Waals surface area (Å²) in [4.78, 5) is -0.0742. The molecule has 0 aliphatic rings. The molecule has 2 N–H and O–H groups in total. The lowest BCUT2D eigenvalue weighted by atomic mass is 10.1. The zero-order chi connectivity index (χ0) is 19.6. The van der Waals surface area contributed by atoms with E-state index in [1.807, 2.05) is 49.4 Å². The van der Waals surface area contributed by atoms with Crippen LogP contribution in [-0.2, 0) is 10.0 Å². The van der Waals surface area contributed by atoms with Crippen LogP contribution in [0.3, 0.4) is 0 Å². The highest BCUT2D eigenvalue weighted by Gasteiger charge is 2.18. The zero-order valence-corrected chi connectivity index (χ0v) is 17.2. The molecule has 0 fully saturated rings. The second kappa shape index (κ2) is 7.72. The van der Waals surface area contributed by atoms with Gasteiger partial charge in [0.05, 0.1) is 7.11 Å². The highest BCUT2D eigenvalue weighted by Crippen LogP contribution is 2.34. The first-order valence-corrected chi connectivity index (χ1v) is 10.4. The molecule has 0 unspecified atom stereocenters. The number of primary sulfonamides is 1. The minimum atomic E-state index is -3.93. The van der Waals surface area contributed by atoms with Gasteiger partial charge in [0.25, 0.3) is 0 Å². The number of nitrogens with two attached hydrogens (primary N) is 1. The predicted molar refractivity (Wildman–Crippen MR) is 109 cm³/mol. The van der Waals surface area contributed by atoms with Crippen LogP contribution in [-0.4, -0.2) is 15.5 Å². The van der Waals surface area contributed by atoms with Gasteiger partial charge in [0.1, 0.15) is 22.1 Å². The van der Waals surface area contributed by atoms with Gasteiger partial charge in [-0.15, -0.1) is 0 Å². The summed E-state index contributed by atoms with van der Waals surface area (Å²) >= 11 is 3.33. The fourth-order valence-electron chi connectivity index (χ4n) is 2.59. The number of ether oxygens (including phenoxy) is 2. The maximum Gasteiger partial charge on any atom is 0.241 e. The van der Waals surface area contributed by atoms with E-state index in [2.05, 4.69) is 15.9 Å². The van der Waals surface area contributed by atoms with Crippen LogP contribution < -0.4 is 14.6 Å². The van der Waals surface area contributed by atoms with Crippen molar-refractivity contribution >= 4 is 26.0 Å². The molecule has 0 amide bonds. The number of rotatable bonds is 5. The van der Waals surface area contributed by atoms with E-state index in [0.717, 1.165) is 22.4 Å². The molecule has 0 aromatic heterocycles. The van der Waals surface area contributed by atoms with Gasteiger partial charge in [-0.25, -0.2) is 13.6 Å². The molecule has 27 heavy (non-hydrogen) atoms. The second-order valence-corrected chi connectivity index (χ2v) is 8.34. The van der Waals surface area contributed by atoms with Crippen LogP contribution in [0.5, 0.6) is 17.2 Å². The lowest BCUT2D eigenvalue weighted by molar-refractivity contribution is 0.415. The molecule has 0 aliphatic carbocycles. The van der Waals surface area contributed by atoms with Gasteiger partial charge < -0.3 is 9.47 Å². The van der Waals surface area contributed by atoms with Crippen molar-refractivity contribution in [3.8, 4) is 28.4 Å². The van der Waals surface area contributed by atoms with E-state index in [9.17, 15) is 8.42 Å². The maximum absolute atomic E-state index is 11.9. The Kier molecular flexibility index (Phi) is 5.55. The Bertz CT molecular complexity index is 1080. The van der Waals surface area contributed by atoms with Gasteiger partial charge >= 0.3 is 0 Å². The Balaban J connectivity index is 1.98. The fourth-order valence-corrected chi connectivity index (χ4v) is 3.75. The van der Waals surface area contributed by atoms with Gasteiger partial charge in [-0.1, -0.05) is 40.2 Å². The predicted octanol–water partition coefficient (Wildman–Crippen LogP) is 4.87. The van der Waals surface area contributed by atoms with Crippen LogP contribution in [0.2, 0.25) is 0 Å². The number of benzene rings is 3. The van der Waals surface area contributed by atoms with Crippen molar-refractivity contribution in [2.75, 3.05) is 7.11 Å². The Morgan fingerprint density at radius 1 is 0.926 bits per heavy atom. The van der Waals surface area contributed by atoms with Crippen LogP contribution in [0.1, 0.15) is 5.56 Å². The van der Waals surface area contributed by atoms with Crippen molar-refractivity contribution in [2.45, 2.75) is 11.8 Å². The summed E-state index contributed by atoms with van der Waals surface area (Å²) in [5.74, 6) is 1.47. The van der Waals surface area contributed by atoms with Crippen molar-refractivity contribution in [3.63, 3.8) is 0 Å². The molecule has 0 aliphatic heterocycles. The largest absolute Gasteiger partial charge is 0.497 e. The first kappa shape index (κ1) is 19.4. The first-order chi connectivity index (χ1) is 12.8. The quantitative estimate of drug-likeness (QED) is 0.604. The van der Waals surface area contributed by atoms with Gasteiger partial charge in [0.2, 0.25) is 10.0 Å². The minimum absolute atomic E-state index is 0.0742. The van der Waals surface area contributed by atoms with Crippen LogP contribution in [0.15, 0.2) is 70.0 Å². The van der Waals surface area contributed by atoms with Gasteiger partial charge in [0, 0.05) is 4.47 Å². The number of hydrogen-bond acceptors (Lipinski definition) is 4. The summed E-state index contributed by atoms with van der Waals surface area (Å²) in [7, 11) is -2.31. The fraction of sp³-hybridized carbons (Fsp3) is 0.100. The SMILES string of the molecule is COc1ccc(-c2cccc(Oc3cc(C)c(Br)cc3S(N)(=O)=O)c2)cc1. The number of methoxy groups -OCH3 is 1. The van der Waals surface area contributed by atoms with Crippen molar-refractivity contribution in [2.24, 2.45) is 5.14 Å². The molecule has 3 aromatic carbocycles. The molecular weight excluding hydrogens is 430 g/mol. The van der Waals surface area contributed by atoms with E-state index >= 15 is 0 Å². The zero-order valence-electron chi connectivity index (χ0n) is 14.8. The van der Waals surface area contributed by atoms with E-state index < -0.39 is 10.0 Å². The van der Waals surface area contributed by atoms with Crippen molar-refractivity contribution in [3.05, 3.63) is 70.7 Å². The molecule has 0 saturated heterocycles. The summed E-state index contributed by atoms with van der Waals surface area (Å²) < 4.78 is 35.5. The van der Waals surface area contributed by atoms with Gasteiger partial charge in [0.15, 0.2) is 0 Å². The standard InChI is InChI=1S/C20H18BrNO4S/c1-13-10-19(20(12-18(13)21)27(22,23)24)26-17-5-3-4-15(11-17)14-6-8-16(25-2)9-7-14/h3-12H,1-2H3,(H2,22,23,24). The highest BCUT2D eigenvalue weighted by molar-refractivity contribution is 9.10. The van der Waals surface area contributed by atoms with Crippen molar-refractivity contribution in [1.82, 2.24) is 0 Å². The molecule has 0 radical (unpaired) electrons. The van der Waals surface area contributed by atoms with Crippen LogP contribution >= 0.6 is 15.9 Å². The lowest BCUT2D eigenvalue weighted by Gasteiger charge is -2.13. The number of sulfonamides is 1. The van der Waals surface area contributed by atoms with Crippen LogP contribution in [0, 0.1) is 6.92 Å². The summed E-state index contributed by atoms with van der Waals surface area (Å²) in [5, 5.41) is 5.34. The second-order valence-electron chi connectivity index (χ2n) is 5.95. The highest BCUT2D eigenvalue weighted by atomic mass is 79.9. The van der Waals surface area contributed by atoms with Crippen molar-refractivity contribution < 1.29 is 17.9 Å². The summed E-state index contributed by atoms with van der Waals surface area (Å²) in [6, 6.07) is 18.1. The molecule has 7 heteroatoms. The molecule has 140 valence electrons. The third-order valence-electron chi connectivity index (χ3n) is 4.02. The van der Waals surface area contributed by atoms with E-state index in [4.69, 9.17) is 14.6 Å². The first-order valence-electron chi connectivity index (χ1n) is 8.03. The van der Waals surface area contributed by atoms with Gasteiger partial charge in [-0.2, -0.15) is 0 Å². The monoisotopic (exact) mass is 447 g/mol. The molecule has 5 nitrogen and oxygen atoms in total. The number of aryl methyl sites for hydroxylation is 1. The normalized spacial score (nSPS) is 11.3. The van der Waals surface area contributed by atoms with E-state index in [1.165, 1.54) is 6.07 Å². The van der Waals surface area contributed by atoms with Crippen LogP contribution in [0.4, 0.5) is 0 Å². The Labute approximate surface area is 166 Å². The number of halogens is 1. The van der Waals surface area contributed by atoms with Crippen LogP contribution in [0.25, 0.3) is 11.1 Å². The third-order valence-corrected chi connectivity index (χ3v) is 5.80. The number of hydrogen-bond donors (Lipinski definition) is 1. The Morgan fingerprint density at radius 2 is 1.63 bits per heavy atom. The average molecular weight is 448 g/mol. The van der Waals surface area contributed by atoms with E-state index in [1.54, 1.807) is 19.2 Å². The molecule has 0 bridgehead atoms. The smallest absolute Gasteiger partial charge is 0.241 e. The van der Waals surface area contributed by atoms with E-state index in [-0.39, 0.29) is 10.6 Å². The summed E-state index contributed by atoms with van der Waals surface area (Å²) in [6.07, 6.45) is 0. The Hall–Kier alpha value is -2.35. The molecular formula is C20H18BrNO4S. The lowest BCUT2D eigenvalue weighted by Crippen LogP contribution is -2.13. The molecule has 3 rings (SSSR count). The third kappa shape index (κ3) is 4.50. The van der Waals surface area contributed by atoms with Gasteiger partial charge in [-0.3, -0.25) is 0 Å². The average Bonchev–Trinajstić information content (AvgIpc) is 2.64. The molecule has 3 aromatic rings. The molecule has 0 atom stereocenters. The topological polar surface area (TPSA) is 78.6 Å². The molecule has 0 heterocycles.